The number of rotatable bonds is 5. The van der Waals surface area contributed by atoms with E-state index < -0.39 is 23.1 Å². The number of carbonyl (C=O) groups is 2. The van der Waals surface area contributed by atoms with Gasteiger partial charge in [0.15, 0.2) is 0 Å². The van der Waals surface area contributed by atoms with Crippen LogP contribution in [0.2, 0.25) is 0 Å². The molecule has 0 fully saturated rings. The summed E-state index contributed by atoms with van der Waals surface area (Å²) in [6.07, 6.45) is 7.22. The van der Waals surface area contributed by atoms with Crippen LogP contribution in [0.25, 0.3) is 16.5 Å². The first-order chi connectivity index (χ1) is 17.4. The average molecular weight is 503 g/mol. The zero-order chi connectivity index (χ0) is 27.2. The highest BCUT2D eigenvalue weighted by Crippen LogP contribution is 2.46. The Labute approximate surface area is 214 Å². The van der Waals surface area contributed by atoms with Crippen LogP contribution < -0.4 is 5.43 Å². The highest BCUT2D eigenvalue weighted by molar-refractivity contribution is 6.48. The van der Waals surface area contributed by atoms with Gasteiger partial charge in [-0.25, -0.2) is 0 Å². The highest BCUT2D eigenvalue weighted by Gasteiger charge is 2.38. The van der Waals surface area contributed by atoms with Crippen LogP contribution in [0.5, 0.6) is 11.5 Å². The molecule has 4 rings (SSSR count). The fourth-order valence-electron chi connectivity index (χ4n) is 4.41. The summed E-state index contributed by atoms with van der Waals surface area (Å²) in [5.41, 5.74) is 3.20. The van der Waals surface area contributed by atoms with Crippen LogP contribution in [0.3, 0.4) is 0 Å². The summed E-state index contributed by atoms with van der Waals surface area (Å²) in [6.45, 7) is 11.3. The van der Waals surface area contributed by atoms with Crippen LogP contribution in [0.4, 0.5) is 0 Å². The summed E-state index contributed by atoms with van der Waals surface area (Å²) in [6, 6.07) is 0. The van der Waals surface area contributed by atoms with Gasteiger partial charge in [0.2, 0.25) is 17.0 Å². The molecule has 0 radical (unpaired) electrons. The Kier molecular flexibility index (Phi) is 6.82. The molecule has 7 heteroatoms. The van der Waals surface area contributed by atoms with Gasteiger partial charge in [0, 0.05) is 23.3 Å². The summed E-state index contributed by atoms with van der Waals surface area (Å²) in [4.78, 5) is 38.4. The average Bonchev–Trinajstić information content (AvgIpc) is 2.79. The number of benzene rings is 1. The molecule has 1 aromatic heterocycles. The number of phenols is 2. The smallest absolute Gasteiger partial charge is 0.229 e. The Balaban J connectivity index is 2.16. The molecule has 1 atom stereocenters. The Morgan fingerprint density at radius 3 is 2.03 bits per heavy atom. The van der Waals surface area contributed by atoms with E-state index in [0.29, 0.717) is 5.56 Å². The second-order valence-corrected chi connectivity index (χ2v) is 10.1. The fourth-order valence-corrected chi connectivity index (χ4v) is 4.41. The van der Waals surface area contributed by atoms with Crippen molar-refractivity contribution in [3.63, 3.8) is 0 Å². The minimum atomic E-state index is -0.902. The largest absolute Gasteiger partial charge is 0.507 e. The van der Waals surface area contributed by atoms with Crippen LogP contribution >= 0.6 is 0 Å². The predicted molar refractivity (Wildman–Crippen MR) is 141 cm³/mol. The van der Waals surface area contributed by atoms with Gasteiger partial charge in [-0.3, -0.25) is 14.4 Å². The van der Waals surface area contributed by atoms with Gasteiger partial charge in [0.1, 0.15) is 40.1 Å². The van der Waals surface area contributed by atoms with E-state index in [0.717, 1.165) is 28.9 Å². The monoisotopic (exact) mass is 502 g/mol. The molecular weight excluding hydrogens is 472 g/mol. The van der Waals surface area contributed by atoms with Crippen molar-refractivity contribution in [3.8, 4) is 11.5 Å². The van der Waals surface area contributed by atoms with E-state index in [4.69, 9.17) is 9.15 Å². The van der Waals surface area contributed by atoms with E-state index in [9.17, 15) is 24.6 Å². The molecule has 0 amide bonds. The number of ether oxygens (including phenoxy) is 1. The predicted octanol–water partition coefficient (Wildman–Crippen LogP) is 5.68. The Morgan fingerprint density at radius 2 is 1.43 bits per heavy atom. The van der Waals surface area contributed by atoms with Crippen LogP contribution in [0.1, 0.15) is 70.1 Å². The molecular formula is C30H30O7. The van der Waals surface area contributed by atoms with Gasteiger partial charge < -0.3 is 19.4 Å². The van der Waals surface area contributed by atoms with Gasteiger partial charge >= 0.3 is 0 Å². The van der Waals surface area contributed by atoms with Crippen LogP contribution in [-0.2, 0) is 27.2 Å². The van der Waals surface area contributed by atoms with Crippen molar-refractivity contribution in [2.45, 2.75) is 60.5 Å². The number of carbonyl (C=O) groups excluding carboxylic acids is 2. The lowest BCUT2D eigenvalue weighted by Crippen LogP contribution is -2.26. The van der Waals surface area contributed by atoms with Crippen molar-refractivity contribution >= 4 is 28.1 Å². The Bertz CT molecular complexity index is 1560. The number of hydrogen-bond donors (Lipinski definition) is 2. The number of aromatic hydroxyl groups is 2. The Hall–Kier alpha value is -4.13. The van der Waals surface area contributed by atoms with E-state index in [1.165, 1.54) is 0 Å². The summed E-state index contributed by atoms with van der Waals surface area (Å²) in [5, 5.41) is 22.4. The van der Waals surface area contributed by atoms with Crippen molar-refractivity contribution < 1.29 is 29.0 Å². The zero-order valence-electron chi connectivity index (χ0n) is 21.8. The second-order valence-electron chi connectivity index (χ2n) is 10.1. The van der Waals surface area contributed by atoms with Crippen molar-refractivity contribution in [2.24, 2.45) is 0 Å². The molecule has 1 unspecified atom stereocenters. The van der Waals surface area contributed by atoms with Crippen molar-refractivity contribution in [3.05, 3.63) is 85.5 Å². The van der Waals surface area contributed by atoms with E-state index in [1.807, 2.05) is 53.7 Å². The minimum Gasteiger partial charge on any atom is -0.507 e. The first-order valence-electron chi connectivity index (χ1n) is 12.1. The van der Waals surface area contributed by atoms with E-state index in [1.54, 1.807) is 6.08 Å². The molecule has 1 aromatic carbocycles. The molecule has 0 saturated heterocycles. The molecule has 37 heavy (non-hydrogen) atoms. The lowest BCUT2D eigenvalue weighted by molar-refractivity contribution is -0.131. The van der Waals surface area contributed by atoms with Crippen molar-refractivity contribution in [1.82, 2.24) is 0 Å². The summed E-state index contributed by atoms with van der Waals surface area (Å²) < 4.78 is 12.3. The van der Waals surface area contributed by atoms with Crippen LogP contribution in [0.15, 0.2) is 62.1 Å². The van der Waals surface area contributed by atoms with Crippen LogP contribution in [0, 0.1) is 0 Å². The van der Waals surface area contributed by atoms with Gasteiger partial charge in [-0.15, -0.1) is 0 Å². The lowest BCUT2D eigenvalue weighted by atomic mass is 9.89. The maximum absolute atomic E-state index is 14.1. The van der Waals surface area contributed by atoms with Gasteiger partial charge in [-0.1, -0.05) is 28.9 Å². The molecule has 2 aromatic rings. The van der Waals surface area contributed by atoms with Gasteiger partial charge in [0.25, 0.3) is 0 Å². The lowest BCUT2D eigenvalue weighted by Gasteiger charge is -2.29. The maximum atomic E-state index is 14.1. The number of fused-ring (bicyclic) bond motifs is 4. The van der Waals surface area contributed by atoms with E-state index >= 15 is 0 Å². The third-order valence-electron chi connectivity index (χ3n) is 6.26. The maximum Gasteiger partial charge on any atom is 0.229 e. The molecule has 7 nitrogen and oxygen atoms in total. The number of hydrogen-bond acceptors (Lipinski definition) is 7. The summed E-state index contributed by atoms with van der Waals surface area (Å²) in [5.74, 6) is -1.80. The molecule has 0 bridgehead atoms. The molecule has 2 N–H and O–H groups in total. The number of ketones is 2. The number of allylic oxidation sites excluding steroid dienone is 8. The molecule has 2 aliphatic rings. The van der Waals surface area contributed by atoms with Crippen molar-refractivity contribution in [1.29, 1.82) is 0 Å². The summed E-state index contributed by atoms with van der Waals surface area (Å²) in [7, 11) is 0. The fraction of sp³-hybridized carbons (Fsp3) is 0.300. The van der Waals surface area contributed by atoms with E-state index in [2.05, 4.69) is 0 Å². The molecule has 0 saturated carbocycles. The minimum absolute atomic E-state index is 0.0275. The quantitative estimate of drug-likeness (QED) is 0.307. The van der Waals surface area contributed by atoms with Gasteiger partial charge in [-0.2, -0.15) is 0 Å². The SMILES string of the molecule is CC(C)=CCc1c(O)c(CC=C(C)C)c2oc3c(c(=O)c2c1O)C(C=C(C)C)OC1=CC(=O)C(=O)C=C13. The Morgan fingerprint density at radius 1 is 0.838 bits per heavy atom. The molecule has 1 aliphatic carbocycles. The molecule has 192 valence electrons. The topological polar surface area (TPSA) is 114 Å². The highest BCUT2D eigenvalue weighted by atomic mass is 16.5. The van der Waals surface area contributed by atoms with Crippen molar-refractivity contribution in [2.75, 3.05) is 0 Å². The second kappa shape index (κ2) is 9.73. The molecule has 0 spiro atoms. The first-order valence-corrected chi connectivity index (χ1v) is 12.1. The molecule has 1 aliphatic heterocycles. The zero-order valence-corrected chi connectivity index (χ0v) is 21.8. The van der Waals surface area contributed by atoms with Gasteiger partial charge in [-0.05, 0) is 60.5 Å². The third-order valence-corrected chi connectivity index (χ3v) is 6.26. The summed E-state index contributed by atoms with van der Waals surface area (Å²) >= 11 is 0. The van der Waals surface area contributed by atoms with Crippen LogP contribution in [-0.4, -0.2) is 21.8 Å². The normalized spacial score (nSPS) is 16.2. The number of phenolic OH excluding ortho intramolecular Hbond substituents is 2. The van der Waals surface area contributed by atoms with Gasteiger partial charge in [0.05, 0.1) is 11.1 Å². The first kappa shape index (κ1) is 25.9. The third kappa shape index (κ3) is 4.69. The van der Waals surface area contributed by atoms with E-state index in [-0.39, 0.29) is 63.5 Å². The molecule has 2 heterocycles. The standard InChI is InChI=1S/C30H30O7/c1-14(2)7-9-17-26(33)18(10-8-15(3)4)29-25(27(17)34)28(35)24-23(11-16(5)6)36-22-13-21(32)20(31)12-19(22)30(24)37-29/h7-8,11-13,23,33-34H,9-10H2,1-6H3.